The average Bonchev–Trinajstić information content (AvgIpc) is 2.97. The molecule has 0 saturated carbocycles. The van der Waals surface area contributed by atoms with E-state index in [0.717, 1.165) is 11.3 Å². The van der Waals surface area contributed by atoms with Gasteiger partial charge in [-0.05, 0) is 24.3 Å². The van der Waals surface area contributed by atoms with Gasteiger partial charge in [-0.25, -0.2) is 4.98 Å². The second-order valence-corrected chi connectivity index (χ2v) is 4.65. The number of hydrogen-bond donors (Lipinski definition) is 1. The summed E-state index contributed by atoms with van der Waals surface area (Å²) in [5, 5.41) is 7.73. The third-order valence-corrected chi connectivity index (χ3v) is 3.00. The first-order valence-corrected chi connectivity index (χ1v) is 6.54. The summed E-state index contributed by atoms with van der Waals surface area (Å²) in [5.74, 6) is 2.09. The van der Waals surface area contributed by atoms with Crippen LogP contribution in [-0.4, -0.2) is 15.2 Å². The molecule has 1 N–H and O–H groups in total. The number of halogens is 1. The Morgan fingerprint density at radius 2 is 1.75 bits per heavy atom. The summed E-state index contributed by atoms with van der Waals surface area (Å²) in [5.41, 5.74) is 0.974. The van der Waals surface area contributed by atoms with Crippen LogP contribution in [0.1, 0.15) is 5.82 Å². The number of nitrogens with one attached hydrogen (secondary N) is 1. The van der Waals surface area contributed by atoms with E-state index in [9.17, 15) is 0 Å². The Bertz CT molecular complexity index is 680. The van der Waals surface area contributed by atoms with Crippen molar-refractivity contribution in [2.24, 2.45) is 0 Å². The van der Waals surface area contributed by atoms with Crippen LogP contribution in [0.3, 0.4) is 0 Å². The first kappa shape index (κ1) is 12.7. The average molecular weight is 286 g/mol. The van der Waals surface area contributed by atoms with E-state index in [2.05, 4.69) is 15.2 Å². The molecule has 3 rings (SSSR count). The van der Waals surface area contributed by atoms with Gasteiger partial charge in [0.25, 0.3) is 0 Å². The van der Waals surface area contributed by atoms with Gasteiger partial charge in [0.05, 0.1) is 0 Å². The fourth-order valence-corrected chi connectivity index (χ4v) is 1.88. The van der Waals surface area contributed by atoms with Crippen LogP contribution in [0.4, 0.5) is 0 Å². The summed E-state index contributed by atoms with van der Waals surface area (Å²) in [7, 11) is 0. The van der Waals surface area contributed by atoms with Crippen LogP contribution in [-0.2, 0) is 6.61 Å². The van der Waals surface area contributed by atoms with Gasteiger partial charge in [-0.1, -0.05) is 41.9 Å². The Morgan fingerprint density at radius 1 is 1.00 bits per heavy atom. The minimum atomic E-state index is 0.335. The maximum absolute atomic E-state index is 5.82. The molecule has 0 atom stereocenters. The molecule has 0 bridgehead atoms. The maximum Gasteiger partial charge on any atom is 0.181 e. The van der Waals surface area contributed by atoms with E-state index in [1.54, 1.807) is 12.1 Å². The van der Waals surface area contributed by atoms with Crippen LogP contribution < -0.4 is 4.74 Å². The van der Waals surface area contributed by atoms with Gasteiger partial charge in [0.2, 0.25) is 0 Å². The summed E-state index contributed by atoms with van der Waals surface area (Å²) in [6.45, 7) is 0.335. The first-order chi connectivity index (χ1) is 9.81. The number of hydrogen-bond acceptors (Lipinski definition) is 3. The fraction of sp³-hybridized carbons (Fsp3) is 0.0667. The predicted molar refractivity (Wildman–Crippen MR) is 77.6 cm³/mol. The number of benzene rings is 2. The highest BCUT2D eigenvalue weighted by Crippen LogP contribution is 2.17. The number of nitrogens with zero attached hydrogens (tertiary/aromatic N) is 2. The van der Waals surface area contributed by atoms with Crippen molar-refractivity contribution in [1.29, 1.82) is 0 Å². The van der Waals surface area contributed by atoms with E-state index in [1.165, 1.54) is 0 Å². The molecule has 0 radical (unpaired) electrons. The normalized spacial score (nSPS) is 10.4. The molecule has 20 heavy (non-hydrogen) atoms. The lowest BCUT2D eigenvalue weighted by Gasteiger charge is -2.03. The van der Waals surface area contributed by atoms with Crippen LogP contribution in [0.25, 0.3) is 11.4 Å². The summed E-state index contributed by atoms with van der Waals surface area (Å²) in [4.78, 5) is 4.40. The minimum Gasteiger partial charge on any atom is -0.486 e. The van der Waals surface area contributed by atoms with Crippen molar-refractivity contribution < 1.29 is 4.74 Å². The Hall–Kier alpha value is -2.33. The van der Waals surface area contributed by atoms with Crippen molar-refractivity contribution in [3.8, 4) is 17.1 Å². The topological polar surface area (TPSA) is 50.8 Å². The largest absolute Gasteiger partial charge is 0.486 e. The Labute approximate surface area is 121 Å². The standard InChI is InChI=1S/C15H12ClN3O/c16-12-6-8-13(9-7-12)20-10-14-17-15(19-18-14)11-4-2-1-3-5-11/h1-9H,10H2,(H,17,18,19). The van der Waals surface area contributed by atoms with E-state index in [-0.39, 0.29) is 0 Å². The third-order valence-electron chi connectivity index (χ3n) is 2.75. The van der Waals surface area contributed by atoms with Gasteiger partial charge in [-0.3, -0.25) is 5.10 Å². The molecule has 5 heteroatoms. The van der Waals surface area contributed by atoms with E-state index in [0.29, 0.717) is 23.3 Å². The number of H-pyrrole nitrogens is 1. The summed E-state index contributed by atoms with van der Waals surface area (Å²) in [6, 6.07) is 17.0. The van der Waals surface area contributed by atoms with Crippen LogP contribution >= 0.6 is 11.6 Å². The smallest absolute Gasteiger partial charge is 0.181 e. The van der Waals surface area contributed by atoms with Gasteiger partial charge in [-0.2, -0.15) is 5.10 Å². The zero-order valence-corrected chi connectivity index (χ0v) is 11.3. The Morgan fingerprint density at radius 3 is 2.50 bits per heavy atom. The zero-order valence-electron chi connectivity index (χ0n) is 10.6. The molecule has 0 aliphatic rings. The minimum absolute atomic E-state index is 0.335. The highest BCUT2D eigenvalue weighted by molar-refractivity contribution is 6.30. The van der Waals surface area contributed by atoms with Crippen LogP contribution in [0.5, 0.6) is 5.75 Å². The third kappa shape index (κ3) is 2.97. The molecule has 0 aliphatic heterocycles. The highest BCUT2D eigenvalue weighted by atomic mass is 35.5. The molecule has 0 amide bonds. The number of ether oxygens (including phenoxy) is 1. The highest BCUT2D eigenvalue weighted by Gasteiger charge is 2.05. The van der Waals surface area contributed by atoms with Gasteiger partial charge >= 0.3 is 0 Å². The summed E-state index contributed by atoms with van der Waals surface area (Å²) < 4.78 is 5.60. The lowest BCUT2D eigenvalue weighted by molar-refractivity contribution is 0.296. The van der Waals surface area contributed by atoms with Crippen molar-refractivity contribution >= 4 is 11.6 Å². The van der Waals surface area contributed by atoms with E-state index < -0.39 is 0 Å². The van der Waals surface area contributed by atoms with Crippen molar-refractivity contribution in [2.45, 2.75) is 6.61 Å². The van der Waals surface area contributed by atoms with Crippen molar-refractivity contribution in [3.05, 3.63) is 65.4 Å². The quantitative estimate of drug-likeness (QED) is 0.795. The molecular formula is C15H12ClN3O. The van der Waals surface area contributed by atoms with Gasteiger partial charge in [0, 0.05) is 10.6 Å². The van der Waals surface area contributed by atoms with Crippen molar-refractivity contribution in [1.82, 2.24) is 15.2 Å². The Balaban J connectivity index is 1.67. The van der Waals surface area contributed by atoms with E-state index >= 15 is 0 Å². The molecular weight excluding hydrogens is 274 g/mol. The number of aromatic amines is 1. The molecule has 2 aromatic carbocycles. The molecule has 0 fully saturated rings. The SMILES string of the molecule is Clc1ccc(OCc2nc(-c3ccccc3)n[nH]2)cc1. The van der Waals surface area contributed by atoms with Crippen LogP contribution in [0, 0.1) is 0 Å². The number of rotatable bonds is 4. The maximum atomic E-state index is 5.82. The van der Waals surface area contributed by atoms with E-state index in [4.69, 9.17) is 16.3 Å². The molecule has 4 nitrogen and oxygen atoms in total. The van der Waals surface area contributed by atoms with Crippen molar-refractivity contribution in [3.63, 3.8) is 0 Å². The molecule has 1 heterocycles. The van der Waals surface area contributed by atoms with Crippen molar-refractivity contribution in [2.75, 3.05) is 0 Å². The molecule has 3 aromatic rings. The fourth-order valence-electron chi connectivity index (χ4n) is 1.76. The van der Waals surface area contributed by atoms with Gasteiger partial charge in [-0.15, -0.1) is 0 Å². The second-order valence-electron chi connectivity index (χ2n) is 4.21. The summed E-state index contributed by atoms with van der Waals surface area (Å²) in [6.07, 6.45) is 0. The molecule has 0 spiro atoms. The van der Waals surface area contributed by atoms with Crippen LogP contribution in [0.15, 0.2) is 54.6 Å². The molecule has 1 aromatic heterocycles. The van der Waals surface area contributed by atoms with Gasteiger partial charge in [0.1, 0.15) is 12.4 Å². The predicted octanol–water partition coefficient (Wildman–Crippen LogP) is 3.70. The lowest BCUT2D eigenvalue weighted by Crippen LogP contribution is -1.97. The molecule has 0 aliphatic carbocycles. The monoisotopic (exact) mass is 285 g/mol. The number of aromatic nitrogens is 3. The zero-order chi connectivity index (χ0) is 13.8. The molecule has 0 unspecified atom stereocenters. The molecule has 100 valence electrons. The lowest BCUT2D eigenvalue weighted by atomic mass is 10.2. The first-order valence-electron chi connectivity index (χ1n) is 6.16. The van der Waals surface area contributed by atoms with Crippen LogP contribution in [0.2, 0.25) is 5.02 Å². The molecule has 0 saturated heterocycles. The van der Waals surface area contributed by atoms with Gasteiger partial charge in [0.15, 0.2) is 11.6 Å². The second kappa shape index (κ2) is 5.75. The Kier molecular flexibility index (Phi) is 3.65. The van der Waals surface area contributed by atoms with E-state index in [1.807, 2.05) is 42.5 Å². The van der Waals surface area contributed by atoms with Gasteiger partial charge < -0.3 is 4.74 Å². The summed E-state index contributed by atoms with van der Waals surface area (Å²) >= 11 is 5.82.